The Kier molecular flexibility index (Phi) is 8.96. The molecule has 2 fully saturated rings. The number of amides is 3. The minimum atomic E-state index is -3.11. The summed E-state index contributed by atoms with van der Waals surface area (Å²) in [4.78, 5) is 85.1. The van der Waals surface area contributed by atoms with Crippen molar-refractivity contribution in [3.05, 3.63) is 71.8 Å². The molecule has 3 aromatic carbocycles. The number of thiophene rings is 1. The fraction of sp³-hybridized carbons (Fsp3) is 0.333. The minimum absolute atomic E-state index is 0.162. The summed E-state index contributed by atoms with van der Waals surface area (Å²) in [5, 5.41) is 41.3. The van der Waals surface area contributed by atoms with Gasteiger partial charge in [0, 0.05) is 41.0 Å². The van der Waals surface area contributed by atoms with E-state index in [0.717, 1.165) is 26.2 Å². The summed E-state index contributed by atoms with van der Waals surface area (Å²) in [6, 6.07) is 16.2. The predicted molar refractivity (Wildman–Crippen MR) is 202 cm³/mol. The van der Waals surface area contributed by atoms with Crippen LogP contribution in [0.3, 0.4) is 0 Å². The fourth-order valence-electron chi connectivity index (χ4n) is 8.53. The van der Waals surface area contributed by atoms with Crippen molar-refractivity contribution < 1.29 is 44.1 Å². The van der Waals surface area contributed by atoms with Crippen molar-refractivity contribution in [3.63, 3.8) is 0 Å². The third-order valence-corrected chi connectivity index (χ3v) is 12.3. The molecule has 1 aromatic heterocycles. The first-order valence-corrected chi connectivity index (χ1v) is 18.1. The van der Waals surface area contributed by atoms with Gasteiger partial charge in [-0.15, -0.1) is 11.3 Å². The Morgan fingerprint density at radius 1 is 0.907 bits per heavy atom. The van der Waals surface area contributed by atoms with Gasteiger partial charge in [-0.2, -0.15) is 0 Å². The zero-order chi connectivity index (χ0) is 39.1. The smallest absolute Gasteiger partial charge is 0.323 e. The van der Waals surface area contributed by atoms with Crippen LogP contribution in [0.1, 0.15) is 28.8 Å². The van der Waals surface area contributed by atoms with E-state index in [0.29, 0.717) is 5.69 Å². The first-order chi connectivity index (χ1) is 25.5. The molecule has 4 aromatic rings. The molecule has 8 atom stereocenters. The second-order valence-electron chi connectivity index (χ2n) is 14.7. The lowest BCUT2D eigenvalue weighted by molar-refractivity contribution is -0.196. The van der Waals surface area contributed by atoms with Gasteiger partial charge in [0.05, 0.1) is 35.2 Å². The lowest BCUT2D eigenvalue weighted by Gasteiger charge is -2.56. The van der Waals surface area contributed by atoms with Gasteiger partial charge in [-0.3, -0.25) is 28.9 Å². The number of Topliss-reactive ketones (excluding diaryl/α,β-unsaturated/α-hetero) is 4. The van der Waals surface area contributed by atoms with Crippen molar-refractivity contribution in [2.45, 2.75) is 30.6 Å². The number of nitrogens with two attached hydrogens (primary N) is 1. The number of aliphatic hydroxyl groups excluding tert-OH is 1. The number of nitrogens with one attached hydrogen (secondary N) is 2. The highest BCUT2D eigenvalue weighted by atomic mass is 32.1. The molecule has 0 radical (unpaired) electrons. The van der Waals surface area contributed by atoms with Crippen molar-refractivity contribution in [2.75, 3.05) is 43.7 Å². The van der Waals surface area contributed by atoms with Gasteiger partial charge in [0.25, 0.3) is 0 Å². The zero-order valence-electron chi connectivity index (χ0n) is 30.0. The number of ketones is 4. The Labute approximate surface area is 313 Å². The minimum Gasteiger partial charge on any atom is -0.505 e. The SMILES string of the molecule is C[C@@H]1c2ccc(NC(=O)Nc3ccc(-c4cc5ccc(N(C)C)cc5s4)cc3)c(O)c2C(=O)C2C(=O)[C@@]3(O)C(=O)C(C(N)=O)C(=O)[C@H](N(C)C)[C@H]3[C@H](O)[C@H]21. The molecule has 3 aliphatic rings. The number of nitrogens with zero attached hydrogens (tertiary/aromatic N) is 2. The van der Waals surface area contributed by atoms with E-state index in [1.54, 1.807) is 30.4 Å². The molecule has 15 heteroatoms. The molecule has 3 aliphatic carbocycles. The number of benzene rings is 3. The molecule has 280 valence electrons. The summed E-state index contributed by atoms with van der Waals surface area (Å²) < 4.78 is 1.14. The van der Waals surface area contributed by atoms with E-state index in [4.69, 9.17) is 5.73 Å². The van der Waals surface area contributed by atoms with Crippen molar-refractivity contribution in [3.8, 4) is 16.2 Å². The topological polar surface area (TPSA) is 220 Å². The van der Waals surface area contributed by atoms with Gasteiger partial charge in [-0.25, -0.2) is 4.79 Å². The number of primary amides is 1. The molecule has 2 unspecified atom stereocenters. The highest BCUT2D eigenvalue weighted by Gasteiger charge is 2.73. The summed E-state index contributed by atoms with van der Waals surface area (Å²) in [7, 11) is 6.83. The van der Waals surface area contributed by atoms with Crippen LogP contribution in [-0.4, -0.2) is 101 Å². The van der Waals surface area contributed by atoms with E-state index >= 15 is 0 Å². The quantitative estimate of drug-likeness (QED) is 0.124. The van der Waals surface area contributed by atoms with Crippen LogP contribution in [0.25, 0.3) is 20.5 Å². The molecule has 54 heavy (non-hydrogen) atoms. The lowest BCUT2D eigenvalue weighted by atomic mass is 9.49. The van der Waals surface area contributed by atoms with Crippen LogP contribution in [-0.2, 0) is 19.2 Å². The normalized spacial score (nSPS) is 27.7. The van der Waals surface area contributed by atoms with Gasteiger partial charge in [0.2, 0.25) is 5.91 Å². The van der Waals surface area contributed by atoms with Crippen LogP contribution in [0.15, 0.2) is 60.7 Å². The summed E-state index contributed by atoms with van der Waals surface area (Å²) in [6.45, 7) is 1.61. The zero-order valence-corrected chi connectivity index (χ0v) is 30.8. The van der Waals surface area contributed by atoms with E-state index < -0.39 is 88.2 Å². The van der Waals surface area contributed by atoms with Crippen molar-refractivity contribution >= 4 is 73.6 Å². The van der Waals surface area contributed by atoms with Gasteiger partial charge >= 0.3 is 6.03 Å². The number of phenols is 1. The molecular weight excluding hydrogens is 715 g/mol. The standard InChI is InChI=1S/C39H39N5O9S/c1-16-21-12-13-22(42-38(52)41-19-9-6-17(7-10-19)23-14-18-8-11-20(43(2)3)15-24(18)54-23)31(45)26(21)32(46)27-25(16)33(47)29-30(44(4)5)34(48)28(37(40)51)36(50)39(29,53)35(27)49/h6-16,25,27-30,33,45,47,53H,1-5H3,(H2,40,51)(H2,41,42,52)/t16-,25+,27?,28?,29+,30-,33-,39-/m1/s1. The highest BCUT2D eigenvalue weighted by Crippen LogP contribution is 2.55. The third-order valence-electron chi connectivity index (χ3n) is 11.2. The van der Waals surface area contributed by atoms with Gasteiger partial charge in [-0.1, -0.05) is 31.2 Å². The van der Waals surface area contributed by atoms with E-state index in [9.17, 15) is 44.1 Å². The largest absolute Gasteiger partial charge is 0.505 e. The number of hydrogen-bond acceptors (Lipinski definition) is 12. The summed E-state index contributed by atoms with van der Waals surface area (Å²) >= 11 is 1.65. The van der Waals surface area contributed by atoms with Crippen molar-refractivity contribution in [1.82, 2.24) is 4.90 Å². The average Bonchev–Trinajstić information content (AvgIpc) is 3.54. The number of carbonyl (C=O) groups excluding carboxylic acids is 6. The molecular formula is C39H39N5O9S. The predicted octanol–water partition coefficient (Wildman–Crippen LogP) is 2.99. The Morgan fingerprint density at radius 2 is 1.59 bits per heavy atom. The number of phenolic OH excluding ortho intramolecular Hbond substituents is 1. The Bertz CT molecular complexity index is 2290. The molecule has 14 nitrogen and oxygen atoms in total. The number of carbonyl (C=O) groups is 6. The molecule has 0 bridgehead atoms. The molecule has 7 N–H and O–H groups in total. The van der Waals surface area contributed by atoms with E-state index in [-0.39, 0.29) is 16.8 Å². The van der Waals surface area contributed by atoms with Crippen LogP contribution in [0, 0.1) is 23.7 Å². The van der Waals surface area contributed by atoms with E-state index in [1.165, 1.54) is 31.1 Å². The van der Waals surface area contributed by atoms with Gasteiger partial charge in [-0.05, 0) is 72.9 Å². The van der Waals surface area contributed by atoms with Gasteiger partial charge < -0.3 is 36.6 Å². The van der Waals surface area contributed by atoms with Crippen LogP contribution >= 0.6 is 11.3 Å². The third kappa shape index (κ3) is 5.49. The van der Waals surface area contributed by atoms with Gasteiger partial charge in [0.1, 0.15) is 5.75 Å². The van der Waals surface area contributed by atoms with Crippen LogP contribution in [0.2, 0.25) is 0 Å². The molecule has 1 heterocycles. The maximum absolute atomic E-state index is 14.2. The number of aliphatic hydroxyl groups is 2. The lowest BCUT2D eigenvalue weighted by Crippen LogP contribution is -2.77. The number of fused-ring (bicyclic) bond motifs is 4. The molecule has 0 spiro atoms. The van der Waals surface area contributed by atoms with E-state index in [2.05, 4.69) is 34.9 Å². The maximum atomic E-state index is 14.2. The number of likely N-dealkylation sites (N-methyl/N-ethyl adjacent to an activating group) is 1. The fourth-order valence-corrected chi connectivity index (χ4v) is 9.63. The second-order valence-corrected chi connectivity index (χ2v) is 15.8. The molecule has 3 amide bonds. The Morgan fingerprint density at radius 3 is 2.22 bits per heavy atom. The maximum Gasteiger partial charge on any atom is 0.323 e. The van der Waals surface area contributed by atoms with Crippen LogP contribution in [0.5, 0.6) is 5.75 Å². The Balaban J connectivity index is 1.14. The first-order valence-electron chi connectivity index (χ1n) is 17.2. The van der Waals surface area contributed by atoms with Crippen LogP contribution in [0.4, 0.5) is 21.9 Å². The number of aromatic hydroxyl groups is 1. The van der Waals surface area contributed by atoms with Crippen molar-refractivity contribution in [2.24, 2.45) is 29.4 Å². The molecule has 0 aliphatic heterocycles. The number of anilines is 3. The van der Waals surface area contributed by atoms with Crippen molar-refractivity contribution in [1.29, 1.82) is 0 Å². The Hall–Kier alpha value is -5.48. The summed E-state index contributed by atoms with van der Waals surface area (Å²) in [5.74, 6) is -14.5. The average molecular weight is 754 g/mol. The number of hydrogen-bond donors (Lipinski definition) is 6. The highest BCUT2D eigenvalue weighted by molar-refractivity contribution is 7.22. The summed E-state index contributed by atoms with van der Waals surface area (Å²) in [5.41, 5.74) is 4.52. The monoisotopic (exact) mass is 753 g/mol. The first kappa shape index (κ1) is 36.9. The molecule has 0 saturated heterocycles. The molecule has 7 rings (SSSR count). The molecule has 2 saturated carbocycles. The number of rotatable bonds is 6. The summed E-state index contributed by atoms with van der Waals surface area (Å²) in [6.07, 6.45) is -1.74. The van der Waals surface area contributed by atoms with Crippen LogP contribution < -0.4 is 21.3 Å². The second kappa shape index (κ2) is 13.1. The van der Waals surface area contributed by atoms with Gasteiger partial charge in [0.15, 0.2) is 34.7 Å². The van der Waals surface area contributed by atoms with E-state index in [1.807, 2.05) is 31.1 Å². The number of urea groups is 1.